The monoisotopic (exact) mass is 386 g/mol. The van der Waals surface area contributed by atoms with Crippen LogP contribution in [0.15, 0.2) is 58.3 Å². The Morgan fingerprint density at radius 2 is 1.96 bits per heavy atom. The molecule has 6 heteroatoms. The lowest BCUT2D eigenvalue weighted by Gasteiger charge is -2.07. The summed E-state index contributed by atoms with van der Waals surface area (Å²) in [4.78, 5) is 16.5. The first-order chi connectivity index (χ1) is 12.6. The Morgan fingerprint density at radius 1 is 1.19 bits per heavy atom. The van der Waals surface area contributed by atoms with Gasteiger partial charge in [0.15, 0.2) is 4.34 Å². The van der Waals surface area contributed by atoms with Crippen LogP contribution in [0.25, 0.3) is 11.3 Å². The van der Waals surface area contributed by atoms with E-state index in [0.29, 0.717) is 12.3 Å². The second-order valence-electron chi connectivity index (χ2n) is 5.82. The van der Waals surface area contributed by atoms with Crippen molar-refractivity contribution in [3.63, 3.8) is 0 Å². The average molecular weight is 387 g/mol. The van der Waals surface area contributed by atoms with Gasteiger partial charge in [0.05, 0.1) is 11.4 Å². The van der Waals surface area contributed by atoms with Crippen LogP contribution in [0, 0.1) is 12.7 Å². The van der Waals surface area contributed by atoms with Gasteiger partial charge in [-0.15, -0.1) is 11.3 Å². The molecular weight excluding hydrogens is 367 g/mol. The van der Waals surface area contributed by atoms with Crippen LogP contribution in [0.1, 0.15) is 11.1 Å². The normalized spacial score (nSPS) is 10.7. The van der Waals surface area contributed by atoms with E-state index in [1.165, 1.54) is 46.4 Å². The Labute approximate surface area is 160 Å². The molecule has 0 saturated carbocycles. The number of thioether (sulfide) groups is 1. The number of hydrogen-bond donors (Lipinski definition) is 1. The highest BCUT2D eigenvalue weighted by atomic mass is 32.2. The lowest BCUT2D eigenvalue weighted by atomic mass is 10.1. The molecule has 1 amide bonds. The maximum Gasteiger partial charge on any atom is 0.230 e. The van der Waals surface area contributed by atoms with Crippen molar-refractivity contribution in [1.29, 1.82) is 0 Å². The number of carbonyl (C=O) groups is 1. The third kappa shape index (κ3) is 5.16. The van der Waals surface area contributed by atoms with E-state index in [-0.39, 0.29) is 11.7 Å². The lowest BCUT2D eigenvalue weighted by Crippen LogP contribution is -2.27. The van der Waals surface area contributed by atoms with E-state index in [9.17, 15) is 9.18 Å². The van der Waals surface area contributed by atoms with Gasteiger partial charge in [-0.05, 0) is 48.7 Å². The van der Waals surface area contributed by atoms with Crippen molar-refractivity contribution in [3.05, 3.63) is 70.9 Å². The summed E-state index contributed by atoms with van der Waals surface area (Å²) in [7, 11) is 0. The van der Waals surface area contributed by atoms with Gasteiger partial charge in [0.1, 0.15) is 5.82 Å². The molecule has 0 fully saturated rings. The number of thiazole rings is 1. The van der Waals surface area contributed by atoms with E-state index in [0.717, 1.165) is 22.0 Å². The third-order valence-corrected chi connectivity index (χ3v) is 5.95. The molecule has 0 aliphatic rings. The van der Waals surface area contributed by atoms with Gasteiger partial charge in [0, 0.05) is 17.5 Å². The molecule has 0 aliphatic heterocycles. The quantitative estimate of drug-likeness (QED) is 0.598. The molecule has 0 atom stereocenters. The predicted molar refractivity (Wildman–Crippen MR) is 106 cm³/mol. The second kappa shape index (κ2) is 8.96. The molecule has 0 saturated heterocycles. The smallest absolute Gasteiger partial charge is 0.230 e. The molecule has 0 bridgehead atoms. The number of nitrogens with zero attached hydrogens (tertiary/aromatic N) is 1. The minimum absolute atomic E-state index is 0.00196. The van der Waals surface area contributed by atoms with Crippen molar-refractivity contribution in [1.82, 2.24) is 10.3 Å². The van der Waals surface area contributed by atoms with Crippen LogP contribution in [0.5, 0.6) is 0 Å². The van der Waals surface area contributed by atoms with Crippen molar-refractivity contribution < 1.29 is 9.18 Å². The molecular formula is C20H19FN2OS2. The van der Waals surface area contributed by atoms with Crippen molar-refractivity contribution in [2.24, 2.45) is 0 Å². The molecule has 0 spiro atoms. The van der Waals surface area contributed by atoms with Gasteiger partial charge < -0.3 is 5.32 Å². The van der Waals surface area contributed by atoms with Crippen LogP contribution in [-0.2, 0) is 11.2 Å². The van der Waals surface area contributed by atoms with E-state index in [4.69, 9.17) is 0 Å². The van der Waals surface area contributed by atoms with Gasteiger partial charge in [0.25, 0.3) is 0 Å². The Hall–Kier alpha value is -2.18. The van der Waals surface area contributed by atoms with Crippen LogP contribution in [0.4, 0.5) is 4.39 Å². The fourth-order valence-electron chi connectivity index (χ4n) is 2.48. The van der Waals surface area contributed by atoms with Crippen LogP contribution >= 0.6 is 23.1 Å². The predicted octanol–water partition coefficient (Wildman–Crippen LogP) is 4.71. The number of aromatic nitrogens is 1. The van der Waals surface area contributed by atoms with E-state index < -0.39 is 0 Å². The molecule has 0 unspecified atom stereocenters. The SMILES string of the molecule is Cc1ccccc1CCNC(=O)CSc1nc(-c2ccc(F)cc2)cs1. The number of benzene rings is 2. The Kier molecular flexibility index (Phi) is 6.41. The van der Waals surface area contributed by atoms with E-state index in [1.807, 2.05) is 17.5 Å². The highest BCUT2D eigenvalue weighted by Gasteiger charge is 2.08. The largest absolute Gasteiger partial charge is 0.355 e. The van der Waals surface area contributed by atoms with Crippen LogP contribution in [0.3, 0.4) is 0 Å². The molecule has 0 aliphatic carbocycles. The average Bonchev–Trinajstić information content (AvgIpc) is 3.11. The topological polar surface area (TPSA) is 42.0 Å². The Morgan fingerprint density at radius 3 is 2.73 bits per heavy atom. The molecule has 3 nitrogen and oxygen atoms in total. The molecule has 3 aromatic rings. The number of hydrogen-bond acceptors (Lipinski definition) is 4. The van der Waals surface area contributed by atoms with Crippen LogP contribution < -0.4 is 5.32 Å². The first kappa shape index (κ1) is 18.6. The second-order valence-corrected chi connectivity index (χ2v) is 7.90. The number of amides is 1. The van der Waals surface area contributed by atoms with Gasteiger partial charge in [-0.25, -0.2) is 9.37 Å². The lowest BCUT2D eigenvalue weighted by molar-refractivity contribution is -0.118. The number of rotatable bonds is 7. The molecule has 26 heavy (non-hydrogen) atoms. The molecule has 1 N–H and O–H groups in total. The number of carbonyl (C=O) groups excluding carboxylic acids is 1. The molecule has 3 rings (SSSR count). The highest BCUT2D eigenvalue weighted by Crippen LogP contribution is 2.28. The Balaban J connectivity index is 1.45. The zero-order valence-electron chi connectivity index (χ0n) is 14.4. The summed E-state index contributed by atoms with van der Waals surface area (Å²) < 4.78 is 13.8. The summed E-state index contributed by atoms with van der Waals surface area (Å²) in [5.41, 5.74) is 4.17. The maximum absolute atomic E-state index is 13.0. The summed E-state index contributed by atoms with van der Waals surface area (Å²) in [6.07, 6.45) is 0.828. The summed E-state index contributed by atoms with van der Waals surface area (Å²) in [5.74, 6) is 0.0764. The minimum Gasteiger partial charge on any atom is -0.355 e. The summed E-state index contributed by atoms with van der Waals surface area (Å²) in [6.45, 7) is 2.71. The van der Waals surface area contributed by atoms with Gasteiger partial charge in [-0.1, -0.05) is 36.0 Å². The molecule has 2 aromatic carbocycles. The summed E-state index contributed by atoms with van der Waals surface area (Å²) in [5, 5.41) is 4.87. The van der Waals surface area contributed by atoms with Crippen LogP contribution in [0.2, 0.25) is 0 Å². The van der Waals surface area contributed by atoms with Crippen molar-refractivity contribution >= 4 is 29.0 Å². The van der Waals surface area contributed by atoms with Crippen molar-refractivity contribution in [2.45, 2.75) is 17.7 Å². The number of nitrogens with one attached hydrogen (secondary N) is 1. The zero-order valence-corrected chi connectivity index (χ0v) is 16.0. The number of aryl methyl sites for hydroxylation is 1. The van der Waals surface area contributed by atoms with Gasteiger partial charge in [-0.3, -0.25) is 4.79 Å². The summed E-state index contributed by atoms with van der Waals surface area (Å²) >= 11 is 2.91. The summed E-state index contributed by atoms with van der Waals surface area (Å²) in [6, 6.07) is 14.4. The zero-order chi connectivity index (χ0) is 18.4. The van der Waals surface area contributed by atoms with E-state index in [1.54, 1.807) is 12.1 Å². The molecule has 1 heterocycles. The molecule has 1 aromatic heterocycles. The first-order valence-corrected chi connectivity index (χ1v) is 10.1. The van der Waals surface area contributed by atoms with E-state index >= 15 is 0 Å². The number of halogens is 1. The van der Waals surface area contributed by atoms with Crippen LogP contribution in [-0.4, -0.2) is 23.2 Å². The third-order valence-electron chi connectivity index (χ3n) is 3.93. The fourth-order valence-corrected chi connectivity index (χ4v) is 4.15. The molecule has 0 radical (unpaired) electrons. The standard InChI is InChI=1S/C20H19FN2OS2/c1-14-4-2-3-5-15(14)10-11-22-19(24)13-26-20-23-18(12-25-20)16-6-8-17(21)9-7-16/h2-9,12H,10-11,13H2,1H3,(H,22,24). The van der Waals surface area contributed by atoms with Gasteiger partial charge in [-0.2, -0.15) is 0 Å². The van der Waals surface area contributed by atoms with Crippen molar-refractivity contribution in [2.75, 3.05) is 12.3 Å². The fraction of sp³-hybridized carbons (Fsp3) is 0.200. The minimum atomic E-state index is -0.263. The van der Waals surface area contributed by atoms with Gasteiger partial charge >= 0.3 is 0 Å². The van der Waals surface area contributed by atoms with Crippen molar-refractivity contribution in [3.8, 4) is 11.3 Å². The highest BCUT2D eigenvalue weighted by molar-refractivity contribution is 8.01. The molecule has 134 valence electrons. The first-order valence-electron chi connectivity index (χ1n) is 8.27. The Bertz CT molecular complexity index is 878. The van der Waals surface area contributed by atoms with E-state index in [2.05, 4.69) is 29.4 Å². The maximum atomic E-state index is 13.0. The van der Waals surface area contributed by atoms with Gasteiger partial charge in [0.2, 0.25) is 5.91 Å².